The summed E-state index contributed by atoms with van der Waals surface area (Å²) >= 11 is 1.82. The van der Waals surface area contributed by atoms with Gasteiger partial charge in [-0.2, -0.15) is 0 Å². The van der Waals surface area contributed by atoms with Crippen molar-refractivity contribution < 1.29 is 4.74 Å². The maximum atomic E-state index is 6.75. The van der Waals surface area contributed by atoms with E-state index < -0.39 is 0 Å². The third-order valence-corrected chi connectivity index (χ3v) is 6.02. The third-order valence-electron chi connectivity index (χ3n) is 5.16. The van der Waals surface area contributed by atoms with E-state index in [1.807, 2.05) is 11.3 Å². The van der Waals surface area contributed by atoms with E-state index >= 15 is 0 Å². The molecule has 21 heavy (non-hydrogen) atoms. The van der Waals surface area contributed by atoms with Crippen LogP contribution in [0.3, 0.4) is 0 Å². The van der Waals surface area contributed by atoms with Crippen LogP contribution in [0.15, 0.2) is 17.5 Å². The molecular formula is C17H30N2OS. The van der Waals surface area contributed by atoms with Gasteiger partial charge in [-0.1, -0.05) is 19.9 Å². The molecular weight excluding hydrogens is 280 g/mol. The van der Waals surface area contributed by atoms with Crippen molar-refractivity contribution in [2.45, 2.75) is 65.3 Å². The SMILES string of the molecule is CCOC1CC(N)(CN(Cc2cccs2)C(C)C)C1(C)C. The average Bonchev–Trinajstić information content (AvgIpc) is 2.90. The molecule has 3 nitrogen and oxygen atoms in total. The van der Waals surface area contributed by atoms with Crippen LogP contribution in [0.4, 0.5) is 0 Å². The van der Waals surface area contributed by atoms with Crippen LogP contribution in [0.25, 0.3) is 0 Å². The van der Waals surface area contributed by atoms with E-state index in [1.54, 1.807) is 0 Å². The van der Waals surface area contributed by atoms with E-state index in [9.17, 15) is 0 Å². The van der Waals surface area contributed by atoms with Gasteiger partial charge in [0.15, 0.2) is 0 Å². The molecule has 0 spiro atoms. The van der Waals surface area contributed by atoms with Gasteiger partial charge < -0.3 is 10.5 Å². The molecule has 2 unspecified atom stereocenters. The summed E-state index contributed by atoms with van der Waals surface area (Å²) in [5.41, 5.74) is 6.63. The molecule has 1 fully saturated rings. The fourth-order valence-corrected chi connectivity index (χ4v) is 3.89. The summed E-state index contributed by atoms with van der Waals surface area (Å²) in [7, 11) is 0. The van der Waals surface area contributed by atoms with Crippen LogP contribution < -0.4 is 5.73 Å². The molecule has 0 saturated heterocycles. The molecule has 1 aromatic rings. The summed E-state index contributed by atoms with van der Waals surface area (Å²) in [6.07, 6.45) is 1.25. The molecule has 1 aromatic heterocycles. The van der Waals surface area contributed by atoms with Crippen LogP contribution >= 0.6 is 11.3 Å². The minimum Gasteiger partial charge on any atom is -0.378 e. The first-order valence-corrected chi connectivity index (χ1v) is 8.85. The number of nitrogens with zero attached hydrogens (tertiary/aromatic N) is 1. The smallest absolute Gasteiger partial charge is 0.0662 e. The maximum Gasteiger partial charge on any atom is 0.0662 e. The summed E-state index contributed by atoms with van der Waals surface area (Å²) in [6, 6.07) is 4.82. The lowest BCUT2D eigenvalue weighted by Crippen LogP contribution is -2.73. The van der Waals surface area contributed by atoms with Crippen molar-refractivity contribution in [3.63, 3.8) is 0 Å². The summed E-state index contributed by atoms with van der Waals surface area (Å²) in [5.74, 6) is 0. The Morgan fingerprint density at radius 1 is 1.48 bits per heavy atom. The highest BCUT2D eigenvalue weighted by Crippen LogP contribution is 2.50. The average molecular weight is 311 g/mol. The van der Waals surface area contributed by atoms with Gasteiger partial charge in [0.2, 0.25) is 0 Å². The Kier molecular flexibility index (Phi) is 5.14. The lowest BCUT2D eigenvalue weighted by molar-refractivity contribution is -0.158. The predicted molar refractivity (Wildman–Crippen MR) is 90.6 cm³/mol. The normalized spacial score (nSPS) is 28.1. The van der Waals surface area contributed by atoms with E-state index in [4.69, 9.17) is 10.5 Å². The zero-order valence-corrected chi connectivity index (χ0v) is 14.9. The minimum atomic E-state index is -0.158. The van der Waals surface area contributed by atoms with Crippen LogP contribution in [0.2, 0.25) is 0 Å². The molecule has 0 aromatic carbocycles. The number of nitrogens with two attached hydrogens (primary N) is 1. The Morgan fingerprint density at radius 3 is 2.67 bits per heavy atom. The molecule has 0 bridgehead atoms. The van der Waals surface area contributed by atoms with Crippen LogP contribution in [-0.4, -0.2) is 35.7 Å². The van der Waals surface area contributed by atoms with Gasteiger partial charge in [0.25, 0.3) is 0 Å². The van der Waals surface area contributed by atoms with Crippen molar-refractivity contribution in [3.8, 4) is 0 Å². The van der Waals surface area contributed by atoms with Gasteiger partial charge in [-0.05, 0) is 38.6 Å². The van der Waals surface area contributed by atoms with Crippen molar-refractivity contribution in [3.05, 3.63) is 22.4 Å². The Balaban J connectivity index is 2.03. The third kappa shape index (κ3) is 3.34. The summed E-state index contributed by atoms with van der Waals surface area (Å²) in [5, 5.41) is 2.14. The van der Waals surface area contributed by atoms with Crippen molar-refractivity contribution in [1.82, 2.24) is 4.90 Å². The molecule has 1 saturated carbocycles. The van der Waals surface area contributed by atoms with Gasteiger partial charge in [0.1, 0.15) is 0 Å². The number of hydrogen-bond acceptors (Lipinski definition) is 4. The molecule has 1 heterocycles. The van der Waals surface area contributed by atoms with Crippen molar-refractivity contribution in [2.75, 3.05) is 13.2 Å². The molecule has 2 rings (SSSR count). The topological polar surface area (TPSA) is 38.5 Å². The Labute approximate surface area is 133 Å². The van der Waals surface area contributed by atoms with Gasteiger partial charge >= 0.3 is 0 Å². The van der Waals surface area contributed by atoms with E-state index in [0.29, 0.717) is 12.1 Å². The maximum absolute atomic E-state index is 6.75. The quantitative estimate of drug-likeness (QED) is 0.838. The Hall–Kier alpha value is -0.420. The summed E-state index contributed by atoms with van der Waals surface area (Å²) < 4.78 is 5.84. The summed E-state index contributed by atoms with van der Waals surface area (Å²) in [4.78, 5) is 3.90. The molecule has 120 valence electrons. The number of hydrogen-bond donors (Lipinski definition) is 1. The highest BCUT2D eigenvalue weighted by atomic mass is 32.1. The molecule has 0 amide bonds. The lowest BCUT2D eigenvalue weighted by atomic mass is 9.54. The second-order valence-electron chi connectivity index (χ2n) is 7.10. The number of ether oxygens (including phenoxy) is 1. The van der Waals surface area contributed by atoms with Crippen LogP contribution in [0.5, 0.6) is 0 Å². The standard InChI is InChI=1S/C17H30N2OS/c1-6-20-15-10-17(18,16(15,4)5)12-19(13(2)3)11-14-8-7-9-21-14/h7-9,13,15H,6,10-12,18H2,1-5H3. The minimum absolute atomic E-state index is 0.0333. The Morgan fingerprint density at radius 2 is 2.19 bits per heavy atom. The van der Waals surface area contributed by atoms with Crippen molar-refractivity contribution >= 4 is 11.3 Å². The van der Waals surface area contributed by atoms with Gasteiger partial charge in [0.05, 0.1) is 6.10 Å². The van der Waals surface area contributed by atoms with E-state index in [-0.39, 0.29) is 11.0 Å². The van der Waals surface area contributed by atoms with Crippen molar-refractivity contribution in [2.24, 2.45) is 11.1 Å². The van der Waals surface area contributed by atoms with Crippen molar-refractivity contribution in [1.29, 1.82) is 0 Å². The zero-order valence-electron chi connectivity index (χ0n) is 14.1. The first-order valence-electron chi connectivity index (χ1n) is 7.97. The van der Waals surface area contributed by atoms with Crippen LogP contribution in [0, 0.1) is 5.41 Å². The van der Waals surface area contributed by atoms with E-state index in [0.717, 1.165) is 26.1 Å². The second kappa shape index (κ2) is 6.37. The zero-order chi connectivity index (χ0) is 15.7. The number of rotatable bonds is 7. The Bertz CT molecular complexity index is 444. The molecule has 0 radical (unpaired) electrons. The van der Waals surface area contributed by atoms with E-state index in [1.165, 1.54) is 4.88 Å². The van der Waals surface area contributed by atoms with Gasteiger partial charge in [0, 0.05) is 41.6 Å². The van der Waals surface area contributed by atoms with Gasteiger partial charge in [-0.3, -0.25) is 4.90 Å². The number of thiophene rings is 1. The molecule has 2 N–H and O–H groups in total. The molecule has 1 aliphatic rings. The van der Waals surface area contributed by atoms with E-state index in [2.05, 4.69) is 57.0 Å². The monoisotopic (exact) mass is 310 g/mol. The molecule has 0 aliphatic heterocycles. The predicted octanol–water partition coefficient (Wildman–Crippen LogP) is 3.49. The first-order chi connectivity index (χ1) is 9.80. The highest BCUT2D eigenvalue weighted by molar-refractivity contribution is 7.09. The van der Waals surface area contributed by atoms with Crippen LogP contribution in [-0.2, 0) is 11.3 Å². The second-order valence-corrected chi connectivity index (χ2v) is 8.14. The fourth-order valence-electron chi connectivity index (χ4n) is 3.16. The lowest BCUT2D eigenvalue weighted by Gasteiger charge is -2.60. The van der Waals surface area contributed by atoms with Crippen LogP contribution in [0.1, 0.15) is 45.9 Å². The van der Waals surface area contributed by atoms with Gasteiger partial charge in [-0.15, -0.1) is 11.3 Å². The summed E-state index contributed by atoms with van der Waals surface area (Å²) in [6.45, 7) is 13.8. The fraction of sp³-hybridized carbons (Fsp3) is 0.765. The first kappa shape index (κ1) is 16.9. The van der Waals surface area contributed by atoms with Gasteiger partial charge in [-0.25, -0.2) is 0 Å². The molecule has 1 aliphatic carbocycles. The molecule has 2 atom stereocenters. The highest BCUT2D eigenvalue weighted by Gasteiger charge is 2.58. The molecule has 4 heteroatoms. The largest absolute Gasteiger partial charge is 0.378 e.